The molecule has 3 nitrogen and oxygen atoms in total. The molecule has 0 amide bonds. The SMILES string of the molecule is CO/C=C/c1ccc(S(C)(=O)=O)cc1. The Hall–Kier alpha value is -1.29. The second kappa shape index (κ2) is 4.28. The van der Waals surface area contributed by atoms with Crippen LogP contribution < -0.4 is 0 Å². The molecule has 0 unspecified atom stereocenters. The first-order valence-corrected chi connectivity index (χ1v) is 5.92. The van der Waals surface area contributed by atoms with E-state index in [1.165, 1.54) is 12.5 Å². The Balaban J connectivity index is 2.95. The van der Waals surface area contributed by atoms with Crippen LogP contribution in [0.1, 0.15) is 5.56 Å². The average Bonchev–Trinajstić information content (AvgIpc) is 2.14. The molecule has 0 heterocycles. The van der Waals surface area contributed by atoms with Crippen molar-refractivity contribution in [3.05, 3.63) is 36.1 Å². The van der Waals surface area contributed by atoms with Crippen molar-refractivity contribution in [3.63, 3.8) is 0 Å². The first-order valence-electron chi connectivity index (χ1n) is 4.03. The van der Waals surface area contributed by atoms with Gasteiger partial charge in [-0.1, -0.05) is 12.1 Å². The zero-order valence-electron chi connectivity index (χ0n) is 8.10. The lowest BCUT2D eigenvalue weighted by atomic mass is 10.2. The van der Waals surface area contributed by atoms with Gasteiger partial charge in [0.25, 0.3) is 0 Å². The molecule has 76 valence electrons. The summed E-state index contributed by atoms with van der Waals surface area (Å²) in [5.41, 5.74) is 0.902. The molecule has 4 heteroatoms. The van der Waals surface area contributed by atoms with Gasteiger partial charge in [-0.05, 0) is 23.8 Å². The molecule has 0 aliphatic heterocycles. The van der Waals surface area contributed by atoms with Crippen molar-refractivity contribution < 1.29 is 13.2 Å². The van der Waals surface area contributed by atoms with Crippen molar-refractivity contribution in [2.24, 2.45) is 0 Å². The van der Waals surface area contributed by atoms with Gasteiger partial charge in [-0.25, -0.2) is 8.42 Å². The van der Waals surface area contributed by atoms with Crippen LogP contribution in [-0.2, 0) is 14.6 Å². The maximum Gasteiger partial charge on any atom is 0.175 e. The highest BCUT2D eigenvalue weighted by Crippen LogP contribution is 2.11. The first kappa shape index (κ1) is 10.8. The molecule has 0 bridgehead atoms. The minimum Gasteiger partial charge on any atom is -0.504 e. The molecule has 0 aromatic heterocycles. The lowest BCUT2D eigenvalue weighted by Gasteiger charge is -1.98. The summed E-state index contributed by atoms with van der Waals surface area (Å²) in [7, 11) is -1.54. The fourth-order valence-corrected chi connectivity index (χ4v) is 1.60. The normalized spacial score (nSPS) is 11.9. The van der Waals surface area contributed by atoms with Crippen molar-refractivity contribution in [1.82, 2.24) is 0 Å². The Bertz CT molecular complexity index is 415. The number of ether oxygens (including phenoxy) is 1. The van der Waals surface area contributed by atoms with Gasteiger partial charge >= 0.3 is 0 Å². The monoisotopic (exact) mass is 212 g/mol. The summed E-state index contributed by atoms with van der Waals surface area (Å²) in [6.07, 6.45) is 4.48. The molecular formula is C10H12O3S. The van der Waals surface area contributed by atoms with Crippen LogP contribution in [0.4, 0.5) is 0 Å². The summed E-state index contributed by atoms with van der Waals surface area (Å²) in [4.78, 5) is 0.326. The van der Waals surface area contributed by atoms with Crippen molar-refractivity contribution in [2.75, 3.05) is 13.4 Å². The summed E-state index contributed by atoms with van der Waals surface area (Å²) >= 11 is 0. The van der Waals surface area contributed by atoms with E-state index in [0.29, 0.717) is 4.90 Å². The molecule has 1 aromatic carbocycles. The Labute approximate surface area is 83.9 Å². The van der Waals surface area contributed by atoms with E-state index in [-0.39, 0.29) is 0 Å². The van der Waals surface area contributed by atoms with Crippen molar-refractivity contribution in [3.8, 4) is 0 Å². The molecule has 0 atom stereocenters. The van der Waals surface area contributed by atoms with Crippen LogP contribution in [0.3, 0.4) is 0 Å². The van der Waals surface area contributed by atoms with E-state index in [9.17, 15) is 8.42 Å². The average molecular weight is 212 g/mol. The van der Waals surface area contributed by atoms with Crippen LogP contribution in [0.15, 0.2) is 35.4 Å². The Morgan fingerprint density at radius 2 is 1.79 bits per heavy atom. The fraction of sp³-hybridized carbons (Fsp3) is 0.200. The van der Waals surface area contributed by atoms with Crippen LogP contribution in [-0.4, -0.2) is 21.8 Å². The van der Waals surface area contributed by atoms with E-state index in [0.717, 1.165) is 5.56 Å². The van der Waals surface area contributed by atoms with Crippen LogP contribution in [0, 0.1) is 0 Å². The predicted octanol–water partition coefficient (Wildman–Crippen LogP) is 1.71. The van der Waals surface area contributed by atoms with Gasteiger partial charge in [0.1, 0.15) is 0 Å². The third-order valence-corrected chi connectivity index (χ3v) is 2.83. The van der Waals surface area contributed by atoms with E-state index in [1.54, 1.807) is 37.5 Å². The molecule has 1 aromatic rings. The minimum absolute atomic E-state index is 0.326. The summed E-state index contributed by atoms with van der Waals surface area (Å²) in [5, 5.41) is 0. The third kappa shape index (κ3) is 2.88. The summed E-state index contributed by atoms with van der Waals surface area (Å²) < 4.78 is 27.0. The summed E-state index contributed by atoms with van der Waals surface area (Å²) in [6, 6.07) is 6.60. The van der Waals surface area contributed by atoms with Gasteiger partial charge in [-0.15, -0.1) is 0 Å². The zero-order valence-corrected chi connectivity index (χ0v) is 8.91. The second-order valence-corrected chi connectivity index (χ2v) is 4.90. The number of benzene rings is 1. The topological polar surface area (TPSA) is 43.4 Å². The molecule has 0 radical (unpaired) electrons. The van der Waals surface area contributed by atoms with Crippen LogP contribution in [0.5, 0.6) is 0 Å². The minimum atomic E-state index is -3.10. The van der Waals surface area contributed by atoms with Crippen LogP contribution in [0.2, 0.25) is 0 Å². The van der Waals surface area contributed by atoms with E-state index in [4.69, 9.17) is 4.74 Å². The number of methoxy groups -OCH3 is 1. The molecule has 0 N–H and O–H groups in total. The Morgan fingerprint density at radius 3 is 2.21 bits per heavy atom. The molecule has 0 saturated heterocycles. The smallest absolute Gasteiger partial charge is 0.175 e. The van der Waals surface area contributed by atoms with Gasteiger partial charge in [0.15, 0.2) is 9.84 Å². The highest BCUT2D eigenvalue weighted by Gasteiger charge is 2.04. The molecule has 14 heavy (non-hydrogen) atoms. The number of hydrogen-bond donors (Lipinski definition) is 0. The Morgan fingerprint density at radius 1 is 1.21 bits per heavy atom. The highest BCUT2D eigenvalue weighted by atomic mass is 32.2. The molecule has 1 rings (SSSR count). The summed E-state index contributed by atoms with van der Waals surface area (Å²) in [5.74, 6) is 0. The van der Waals surface area contributed by atoms with Gasteiger partial charge in [0, 0.05) is 6.26 Å². The quantitative estimate of drug-likeness (QED) is 0.716. The highest BCUT2D eigenvalue weighted by molar-refractivity contribution is 7.90. The van der Waals surface area contributed by atoms with E-state index in [1.807, 2.05) is 0 Å². The maximum atomic E-state index is 11.1. The molecule has 0 saturated carbocycles. The summed E-state index contributed by atoms with van der Waals surface area (Å²) in [6.45, 7) is 0. The fourth-order valence-electron chi connectivity index (χ4n) is 0.973. The predicted molar refractivity (Wildman–Crippen MR) is 55.6 cm³/mol. The zero-order chi connectivity index (χ0) is 10.6. The van der Waals surface area contributed by atoms with E-state index in [2.05, 4.69) is 0 Å². The molecule has 0 fully saturated rings. The first-order chi connectivity index (χ1) is 6.54. The van der Waals surface area contributed by atoms with Gasteiger partial charge in [-0.3, -0.25) is 0 Å². The van der Waals surface area contributed by atoms with Crippen LogP contribution in [0.25, 0.3) is 6.08 Å². The van der Waals surface area contributed by atoms with Crippen molar-refractivity contribution >= 4 is 15.9 Å². The molecule has 0 aliphatic carbocycles. The number of hydrogen-bond acceptors (Lipinski definition) is 3. The maximum absolute atomic E-state index is 11.1. The van der Waals surface area contributed by atoms with E-state index >= 15 is 0 Å². The van der Waals surface area contributed by atoms with Gasteiger partial charge in [0.05, 0.1) is 18.3 Å². The van der Waals surface area contributed by atoms with Gasteiger partial charge < -0.3 is 4.74 Å². The number of rotatable bonds is 3. The lowest BCUT2D eigenvalue weighted by Crippen LogP contribution is -1.95. The molecular weight excluding hydrogens is 200 g/mol. The Kier molecular flexibility index (Phi) is 3.30. The van der Waals surface area contributed by atoms with Gasteiger partial charge in [-0.2, -0.15) is 0 Å². The second-order valence-electron chi connectivity index (χ2n) is 2.88. The van der Waals surface area contributed by atoms with Gasteiger partial charge in [0.2, 0.25) is 0 Å². The standard InChI is InChI=1S/C10H12O3S/c1-13-8-7-9-3-5-10(6-4-9)14(2,11)12/h3-8H,1-2H3/b8-7+. The van der Waals surface area contributed by atoms with Crippen molar-refractivity contribution in [1.29, 1.82) is 0 Å². The van der Waals surface area contributed by atoms with E-state index < -0.39 is 9.84 Å². The lowest BCUT2D eigenvalue weighted by molar-refractivity contribution is 0.341. The third-order valence-electron chi connectivity index (χ3n) is 1.70. The number of sulfone groups is 1. The van der Waals surface area contributed by atoms with Crippen molar-refractivity contribution in [2.45, 2.75) is 4.90 Å². The largest absolute Gasteiger partial charge is 0.504 e. The molecule has 0 aliphatic rings. The molecule has 0 spiro atoms. The van der Waals surface area contributed by atoms with Crippen LogP contribution >= 0.6 is 0 Å².